The van der Waals surface area contributed by atoms with Gasteiger partial charge in [0.25, 0.3) is 5.91 Å². The van der Waals surface area contributed by atoms with E-state index < -0.39 is 0 Å². The number of aromatic nitrogens is 7. The van der Waals surface area contributed by atoms with Crippen LogP contribution in [-0.2, 0) is 0 Å². The van der Waals surface area contributed by atoms with Crippen molar-refractivity contribution in [3.8, 4) is 16.8 Å². The van der Waals surface area contributed by atoms with Crippen molar-refractivity contribution < 1.29 is 4.79 Å². The highest BCUT2D eigenvalue weighted by atomic mass is 16.2. The van der Waals surface area contributed by atoms with Crippen LogP contribution in [0.1, 0.15) is 34.8 Å². The number of nitrogens with zero attached hydrogens (tertiary/aromatic N) is 8. The predicted octanol–water partition coefficient (Wildman–Crippen LogP) is 2.53. The molecule has 0 saturated carbocycles. The van der Waals surface area contributed by atoms with E-state index in [1.807, 2.05) is 47.5 Å². The predicted molar refractivity (Wildman–Crippen MR) is 112 cm³/mol. The van der Waals surface area contributed by atoms with Crippen molar-refractivity contribution in [1.29, 1.82) is 0 Å². The number of piperidine rings is 1. The first kappa shape index (κ1) is 19.0. The number of benzene rings is 1. The molecule has 1 saturated heterocycles. The maximum atomic E-state index is 13.1. The number of carbonyl (C=O) groups is 1. The molecule has 0 unspecified atom stereocenters. The minimum Gasteiger partial charge on any atom is -0.339 e. The quantitative estimate of drug-likeness (QED) is 0.507. The number of rotatable bonds is 4. The Bertz CT molecular complexity index is 1170. The summed E-state index contributed by atoms with van der Waals surface area (Å²) in [5.74, 6) is 0.299. The lowest BCUT2D eigenvalue weighted by atomic mass is 9.89. The minimum absolute atomic E-state index is 0.0189. The van der Waals surface area contributed by atoms with Crippen molar-refractivity contribution in [1.82, 2.24) is 40.1 Å². The van der Waals surface area contributed by atoms with Crippen LogP contribution >= 0.6 is 0 Å². The zero-order valence-electron chi connectivity index (χ0n) is 16.7. The van der Waals surface area contributed by atoms with Gasteiger partial charge >= 0.3 is 0 Å². The second kappa shape index (κ2) is 8.39. The minimum atomic E-state index is 0.0189. The van der Waals surface area contributed by atoms with E-state index in [1.165, 1.54) is 6.33 Å². The molecule has 0 spiro atoms. The summed E-state index contributed by atoms with van der Waals surface area (Å²) in [6, 6.07) is 11.3. The second-order valence-electron chi connectivity index (χ2n) is 7.43. The van der Waals surface area contributed by atoms with Crippen molar-refractivity contribution in [2.75, 3.05) is 13.1 Å². The molecule has 0 aliphatic carbocycles. The van der Waals surface area contributed by atoms with E-state index in [0.29, 0.717) is 18.7 Å². The van der Waals surface area contributed by atoms with Gasteiger partial charge in [0.15, 0.2) is 0 Å². The van der Waals surface area contributed by atoms with Gasteiger partial charge in [-0.1, -0.05) is 6.07 Å². The number of likely N-dealkylation sites (tertiary alicyclic amines) is 1. The summed E-state index contributed by atoms with van der Waals surface area (Å²) in [6.45, 7) is 1.36. The molecule has 5 rings (SSSR count). The van der Waals surface area contributed by atoms with Gasteiger partial charge in [-0.25, -0.2) is 14.6 Å². The molecule has 0 radical (unpaired) electrons. The van der Waals surface area contributed by atoms with Crippen molar-refractivity contribution in [3.63, 3.8) is 0 Å². The van der Waals surface area contributed by atoms with Gasteiger partial charge in [-0.3, -0.25) is 9.78 Å². The molecule has 0 N–H and O–H groups in total. The number of amides is 1. The fourth-order valence-electron chi connectivity index (χ4n) is 4.02. The molecule has 1 amide bonds. The van der Waals surface area contributed by atoms with Gasteiger partial charge in [0.05, 0.1) is 11.4 Å². The van der Waals surface area contributed by atoms with Gasteiger partial charge in [0.2, 0.25) is 0 Å². The van der Waals surface area contributed by atoms with Crippen molar-refractivity contribution >= 4 is 5.91 Å². The van der Waals surface area contributed by atoms with Crippen molar-refractivity contribution in [2.24, 2.45) is 0 Å². The highest BCUT2D eigenvalue weighted by Gasteiger charge is 2.27. The lowest BCUT2D eigenvalue weighted by Crippen LogP contribution is -2.38. The van der Waals surface area contributed by atoms with Crippen LogP contribution in [0.3, 0.4) is 0 Å². The number of hydrogen-bond donors (Lipinski definition) is 0. The molecule has 154 valence electrons. The largest absolute Gasteiger partial charge is 0.339 e. The molecule has 4 aromatic rings. The standard InChI is InChI=1S/C22H20N8O/c31-22(18-2-1-3-19(12-18)30-15-26-27-28-30)29-10-6-17(7-11-29)21-20(13-24-14-25-21)16-4-8-23-9-5-16/h1-5,8-9,12-15,17H,6-7,10-11H2. The zero-order chi connectivity index (χ0) is 21.0. The smallest absolute Gasteiger partial charge is 0.253 e. The first-order valence-corrected chi connectivity index (χ1v) is 10.1. The van der Waals surface area contributed by atoms with Crippen LogP contribution in [-0.4, -0.2) is 59.1 Å². The number of pyridine rings is 1. The third kappa shape index (κ3) is 3.89. The molecule has 9 heteroatoms. The first-order chi connectivity index (χ1) is 15.3. The topological polar surface area (TPSA) is 103 Å². The summed E-state index contributed by atoms with van der Waals surface area (Å²) in [4.78, 5) is 27.9. The van der Waals surface area contributed by atoms with Gasteiger partial charge < -0.3 is 4.90 Å². The Morgan fingerprint density at radius 1 is 1.03 bits per heavy atom. The molecule has 3 aromatic heterocycles. The number of hydrogen-bond acceptors (Lipinski definition) is 7. The monoisotopic (exact) mass is 412 g/mol. The Balaban J connectivity index is 1.31. The molecule has 4 heterocycles. The fourth-order valence-corrected chi connectivity index (χ4v) is 4.02. The summed E-state index contributed by atoms with van der Waals surface area (Å²) in [6.07, 6.45) is 10.2. The van der Waals surface area contributed by atoms with Crippen LogP contribution in [0.4, 0.5) is 0 Å². The van der Waals surface area contributed by atoms with E-state index in [4.69, 9.17) is 0 Å². The van der Waals surface area contributed by atoms with Crippen LogP contribution < -0.4 is 0 Å². The van der Waals surface area contributed by atoms with Crippen LogP contribution in [0.2, 0.25) is 0 Å². The van der Waals surface area contributed by atoms with Crippen molar-refractivity contribution in [3.05, 3.63) is 78.9 Å². The van der Waals surface area contributed by atoms with Crippen LogP contribution in [0, 0.1) is 0 Å². The fraction of sp³-hybridized carbons (Fsp3) is 0.227. The molecule has 1 aromatic carbocycles. The molecule has 0 bridgehead atoms. The summed E-state index contributed by atoms with van der Waals surface area (Å²) in [5, 5.41) is 11.2. The van der Waals surface area contributed by atoms with Crippen LogP contribution in [0.25, 0.3) is 16.8 Å². The van der Waals surface area contributed by atoms with Gasteiger partial charge in [0.1, 0.15) is 12.7 Å². The average Bonchev–Trinajstić information content (AvgIpc) is 3.40. The van der Waals surface area contributed by atoms with E-state index in [2.05, 4.69) is 30.5 Å². The lowest BCUT2D eigenvalue weighted by Gasteiger charge is -2.32. The van der Waals surface area contributed by atoms with Crippen molar-refractivity contribution in [2.45, 2.75) is 18.8 Å². The zero-order valence-corrected chi connectivity index (χ0v) is 16.7. The Morgan fingerprint density at radius 2 is 1.87 bits per heavy atom. The Hall–Kier alpha value is -4.01. The van der Waals surface area contributed by atoms with Gasteiger partial charge in [-0.15, -0.1) is 5.10 Å². The molecular weight excluding hydrogens is 392 g/mol. The summed E-state index contributed by atoms with van der Waals surface area (Å²) < 4.78 is 1.54. The second-order valence-corrected chi connectivity index (χ2v) is 7.43. The SMILES string of the molecule is O=C(c1cccc(-n2cnnn2)c1)N1CCC(c2ncncc2-c2ccncc2)CC1. The summed E-state index contributed by atoms with van der Waals surface area (Å²) >= 11 is 0. The molecule has 1 fully saturated rings. The summed E-state index contributed by atoms with van der Waals surface area (Å²) in [5.41, 5.74) is 4.51. The Morgan fingerprint density at radius 3 is 2.65 bits per heavy atom. The van der Waals surface area contributed by atoms with E-state index >= 15 is 0 Å². The maximum absolute atomic E-state index is 13.1. The average molecular weight is 412 g/mol. The van der Waals surface area contributed by atoms with E-state index in [1.54, 1.807) is 23.4 Å². The Kier molecular flexibility index (Phi) is 5.14. The van der Waals surface area contributed by atoms with Gasteiger partial charge in [-0.05, 0) is 59.2 Å². The van der Waals surface area contributed by atoms with E-state index in [-0.39, 0.29) is 11.8 Å². The maximum Gasteiger partial charge on any atom is 0.253 e. The van der Waals surface area contributed by atoms with Crippen LogP contribution in [0.15, 0.2) is 67.6 Å². The third-order valence-corrected chi connectivity index (χ3v) is 5.61. The number of tetrazole rings is 1. The molecule has 31 heavy (non-hydrogen) atoms. The third-order valence-electron chi connectivity index (χ3n) is 5.61. The Labute approximate surface area is 178 Å². The van der Waals surface area contributed by atoms with Crippen LogP contribution in [0.5, 0.6) is 0 Å². The first-order valence-electron chi connectivity index (χ1n) is 10.1. The normalized spacial score (nSPS) is 14.5. The molecule has 9 nitrogen and oxygen atoms in total. The van der Waals surface area contributed by atoms with E-state index in [9.17, 15) is 4.79 Å². The highest BCUT2D eigenvalue weighted by molar-refractivity contribution is 5.94. The summed E-state index contributed by atoms with van der Waals surface area (Å²) in [7, 11) is 0. The lowest BCUT2D eigenvalue weighted by molar-refractivity contribution is 0.0712. The molecule has 0 atom stereocenters. The van der Waals surface area contributed by atoms with E-state index in [0.717, 1.165) is 35.3 Å². The molecule has 1 aliphatic heterocycles. The van der Waals surface area contributed by atoms with Gasteiger partial charge in [-0.2, -0.15) is 0 Å². The molecule has 1 aliphatic rings. The number of carbonyl (C=O) groups excluding carboxylic acids is 1. The molecular formula is C22H20N8O. The van der Waals surface area contributed by atoms with Gasteiger partial charge in [0, 0.05) is 48.7 Å². The highest BCUT2D eigenvalue weighted by Crippen LogP contribution is 2.33.